The molecule has 2 N–H and O–H groups in total. The van der Waals surface area contributed by atoms with Crippen molar-refractivity contribution in [3.63, 3.8) is 0 Å². The molecule has 0 aromatic heterocycles. The molecule has 1 unspecified atom stereocenters. The Bertz CT molecular complexity index is 609. The highest BCUT2D eigenvalue weighted by Gasteiger charge is 2.61. The van der Waals surface area contributed by atoms with Crippen molar-refractivity contribution < 1.29 is 14.0 Å². The molecule has 26 heavy (non-hydrogen) atoms. The Hall–Kier alpha value is -0.970. The summed E-state index contributed by atoms with van der Waals surface area (Å²) in [7, 11) is 0. The summed E-state index contributed by atoms with van der Waals surface area (Å²) in [5.74, 6) is 2.19. The number of hydrogen-bond acceptors (Lipinski definition) is 4. The summed E-state index contributed by atoms with van der Waals surface area (Å²) in [4.78, 5) is 17.7. The van der Waals surface area contributed by atoms with Gasteiger partial charge in [-0.1, -0.05) is 19.0 Å². The van der Waals surface area contributed by atoms with Crippen molar-refractivity contribution >= 4 is 11.5 Å². The minimum absolute atomic E-state index is 0.0299. The van der Waals surface area contributed by atoms with Crippen molar-refractivity contribution in [2.75, 3.05) is 13.2 Å². The second kappa shape index (κ2) is 6.57. The molecule has 0 radical (unpaired) electrons. The number of Topliss-reactive ketones (excluding diaryl/α,β-unsaturated/α-hetero) is 1. The highest BCUT2D eigenvalue weighted by Crippen LogP contribution is 2.65. The minimum Gasteiger partial charge on any atom is -0.394 e. The number of carbonyl (C=O) groups excluding carboxylic acids is 1. The Labute approximate surface area is 156 Å². The predicted octanol–water partition coefficient (Wildman–Crippen LogP) is 3.88. The first kappa shape index (κ1) is 18.4. The van der Waals surface area contributed by atoms with E-state index in [4.69, 9.17) is 10.6 Å². The predicted molar refractivity (Wildman–Crippen MR) is 99.5 cm³/mol. The van der Waals surface area contributed by atoms with Gasteiger partial charge in [0, 0.05) is 24.3 Å². The first-order valence-electron chi connectivity index (χ1n) is 10.5. The Morgan fingerprint density at radius 1 is 1.12 bits per heavy atom. The summed E-state index contributed by atoms with van der Waals surface area (Å²) in [6.45, 7) is 5.27. The molecule has 4 fully saturated rings. The van der Waals surface area contributed by atoms with Crippen molar-refractivity contribution in [2.45, 2.75) is 71.4 Å². The maximum atomic E-state index is 15.3. The van der Waals surface area contributed by atoms with Crippen LogP contribution in [0.2, 0.25) is 0 Å². The lowest BCUT2D eigenvalue weighted by molar-refractivity contribution is -0.139. The molecular weight excluding hydrogens is 331 g/mol. The number of oxime groups is 1. The van der Waals surface area contributed by atoms with Crippen LogP contribution in [0.25, 0.3) is 0 Å². The lowest BCUT2D eigenvalue weighted by Crippen LogP contribution is -2.56. The molecule has 0 bridgehead atoms. The quantitative estimate of drug-likeness (QED) is 0.610. The molecule has 0 aliphatic heterocycles. The zero-order chi connectivity index (χ0) is 18.5. The summed E-state index contributed by atoms with van der Waals surface area (Å²) in [6.07, 6.45) is 6.54. The second-order valence-electron chi connectivity index (χ2n) is 9.59. The largest absolute Gasteiger partial charge is 0.394 e. The summed E-state index contributed by atoms with van der Waals surface area (Å²) in [5, 5.41) is 4.07. The third-order valence-electron chi connectivity index (χ3n) is 8.63. The van der Waals surface area contributed by atoms with E-state index in [0.29, 0.717) is 48.8 Å². The van der Waals surface area contributed by atoms with E-state index in [1.807, 2.05) is 0 Å². The molecule has 0 amide bonds. The van der Waals surface area contributed by atoms with Crippen LogP contribution in [-0.2, 0) is 9.63 Å². The molecule has 5 heteroatoms. The van der Waals surface area contributed by atoms with Crippen LogP contribution >= 0.6 is 0 Å². The number of rotatable bonds is 3. The number of halogens is 1. The molecular formula is C21H33FN2O2. The minimum atomic E-state index is -0.994. The van der Waals surface area contributed by atoms with Crippen LogP contribution in [0.15, 0.2) is 5.16 Å². The monoisotopic (exact) mass is 364 g/mol. The molecule has 4 rings (SSSR count). The van der Waals surface area contributed by atoms with Crippen molar-refractivity contribution in [1.82, 2.24) is 0 Å². The van der Waals surface area contributed by atoms with E-state index < -0.39 is 6.17 Å². The number of fused-ring (bicyclic) bond motifs is 5. The second-order valence-corrected chi connectivity index (χ2v) is 9.59. The van der Waals surface area contributed by atoms with E-state index in [1.54, 1.807) is 0 Å². The van der Waals surface area contributed by atoms with Gasteiger partial charge in [-0.15, -0.1) is 0 Å². The molecule has 4 saturated carbocycles. The van der Waals surface area contributed by atoms with Gasteiger partial charge in [-0.2, -0.15) is 0 Å². The highest BCUT2D eigenvalue weighted by atomic mass is 19.1. The molecule has 0 aromatic carbocycles. The summed E-state index contributed by atoms with van der Waals surface area (Å²) >= 11 is 0. The summed E-state index contributed by atoms with van der Waals surface area (Å²) < 4.78 is 15.3. The highest BCUT2D eigenvalue weighted by molar-refractivity contribution is 5.89. The van der Waals surface area contributed by atoms with Crippen molar-refractivity contribution in [2.24, 2.45) is 45.4 Å². The number of nitrogens with zero attached hydrogens (tertiary/aromatic N) is 1. The Morgan fingerprint density at radius 3 is 2.69 bits per heavy atom. The Kier molecular flexibility index (Phi) is 4.65. The van der Waals surface area contributed by atoms with Gasteiger partial charge in [0.25, 0.3) is 0 Å². The van der Waals surface area contributed by atoms with Crippen molar-refractivity contribution in [1.29, 1.82) is 0 Å². The maximum absolute atomic E-state index is 15.3. The average molecular weight is 365 g/mol. The van der Waals surface area contributed by atoms with Crippen LogP contribution in [-0.4, -0.2) is 30.8 Å². The van der Waals surface area contributed by atoms with Gasteiger partial charge in [-0.3, -0.25) is 4.79 Å². The third-order valence-corrected chi connectivity index (χ3v) is 8.63. The molecule has 0 saturated heterocycles. The Balaban J connectivity index is 1.55. The molecule has 0 aromatic rings. The van der Waals surface area contributed by atoms with Gasteiger partial charge in [0.15, 0.2) is 0 Å². The number of hydrogen-bond donors (Lipinski definition) is 1. The molecule has 0 heterocycles. The van der Waals surface area contributed by atoms with Gasteiger partial charge >= 0.3 is 0 Å². The van der Waals surface area contributed by atoms with Gasteiger partial charge in [-0.25, -0.2) is 4.39 Å². The fourth-order valence-corrected chi connectivity index (χ4v) is 7.15. The van der Waals surface area contributed by atoms with Crippen LogP contribution < -0.4 is 5.73 Å². The van der Waals surface area contributed by atoms with Crippen LogP contribution in [0.5, 0.6) is 0 Å². The average Bonchev–Trinajstić information content (AvgIpc) is 2.92. The molecule has 4 aliphatic rings. The SMILES string of the molecule is C[C@]12CC/C(=N\OCCN)[C@@H](F)C1CC[C@@H]1[C@@H]2CC[C@]2(C)C(=O)CC[C@@H]12. The van der Waals surface area contributed by atoms with Gasteiger partial charge in [0.1, 0.15) is 18.6 Å². The zero-order valence-corrected chi connectivity index (χ0v) is 16.2. The normalized spacial score (nSPS) is 49.5. The van der Waals surface area contributed by atoms with Gasteiger partial charge in [0.05, 0.1) is 5.71 Å². The third kappa shape index (κ3) is 2.56. The van der Waals surface area contributed by atoms with E-state index in [1.165, 1.54) is 0 Å². The van der Waals surface area contributed by atoms with E-state index in [2.05, 4.69) is 19.0 Å². The maximum Gasteiger partial charge on any atom is 0.145 e. The zero-order valence-electron chi connectivity index (χ0n) is 16.2. The lowest BCUT2D eigenvalue weighted by Gasteiger charge is -2.60. The lowest BCUT2D eigenvalue weighted by atomic mass is 9.45. The Morgan fingerprint density at radius 2 is 1.92 bits per heavy atom. The summed E-state index contributed by atoms with van der Waals surface area (Å²) in [6, 6.07) is 0. The van der Waals surface area contributed by atoms with Crippen LogP contribution in [0, 0.1) is 34.5 Å². The number of ketones is 1. The van der Waals surface area contributed by atoms with Crippen molar-refractivity contribution in [3.8, 4) is 0 Å². The first-order chi connectivity index (χ1) is 12.4. The van der Waals surface area contributed by atoms with E-state index >= 15 is 4.39 Å². The fraction of sp³-hybridized carbons (Fsp3) is 0.905. The van der Waals surface area contributed by atoms with E-state index in [0.717, 1.165) is 44.9 Å². The van der Waals surface area contributed by atoms with Crippen molar-refractivity contribution in [3.05, 3.63) is 0 Å². The van der Waals surface area contributed by atoms with E-state index in [9.17, 15) is 4.79 Å². The number of nitrogens with two attached hydrogens (primary N) is 1. The van der Waals surface area contributed by atoms with E-state index in [-0.39, 0.29) is 16.7 Å². The number of alkyl halides is 1. The molecule has 146 valence electrons. The molecule has 7 atom stereocenters. The number of carbonyl (C=O) groups is 1. The molecule has 0 spiro atoms. The van der Waals surface area contributed by atoms with Gasteiger partial charge in [-0.05, 0) is 68.1 Å². The summed E-state index contributed by atoms with van der Waals surface area (Å²) in [5.41, 5.74) is 5.94. The fourth-order valence-electron chi connectivity index (χ4n) is 7.15. The standard InChI is InChI=1S/C21H33FN2O2/c1-20-10-8-17(24-26-12-11-23)19(22)16(20)4-3-13-14-5-6-18(25)21(14,2)9-7-15(13)20/h13-16,19H,3-12,23H2,1-2H3/b24-17+/t13-,14-,15-,16?,19-,20+,21-/m0/s1. The topological polar surface area (TPSA) is 64.7 Å². The van der Waals surface area contributed by atoms with Crippen LogP contribution in [0.4, 0.5) is 4.39 Å². The van der Waals surface area contributed by atoms with Gasteiger partial charge in [0.2, 0.25) is 0 Å². The van der Waals surface area contributed by atoms with Gasteiger partial charge < -0.3 is 10.6 Å². The molecule has 4 nitrogen and oxygen atoms in total. The molecule has 4 aliphatic carbocycles. The first-order valence-corrected chi connectivity index (χ1v) is 10.5. The van der Waals surface area contributed by atoms with Crippen LogP contribution in [0.1, 0.15) is 65.2 Å². The van der Waals surface area contributed by atoms with Crippen LogP contribution in [0.3, 0.4) is 0 Å². The smallest absolute Gasteiger partial charge is 0.145 e.